The molecule has 35 heavy (non-hydrogen) atoms. The number of nitrogens with zero attached hydrogens (tertiary/aromatic N) is 5. The first kappa shape index (κ1) is 23.6. The van der Waals surface area contributed by atoms with Gasteiger partial charge in [-0.1, -0.05) is 35.4 Å². The summed E-state index contributed by atoms with van der Waals surface area (Å²) in [6.07, 6.45) is 5.61. The molecule has 178 valence electrons. The number of benzene rings is 2. The predicted molar refractivity (Wildman–Crippen MR) is 139 cm³/mol. The highest BCUT2D eigenvalue weighted by atomic mass is 127. The summed E-state index contributed by atoms with van der Waals surface area (Å²) in [6, 6.07) is 13.0. The van der Waals surface area contributed by atoms with Crippen LogP contribution in [0.1, 0.15) is 11.1 Å². The molecule has 12 heteroatoms. The van der Waals surface area contributed by atoms with E-state index in [1.807, 2.05) is 36.4 Å². The molecule has 0 atom stereocenters. The van der Waals surface area contributed by atoms with Crippen molar-refractivity contribution < 1.29 is 16.8 Å². The molecule has 0 aliphatic heterocycles. The van der Waals surface area contributed by atoms with Gasteiger partial charge in [-0.3, -0.25) is 0 Å². The highest BCUT2D eigenvalue weighted by Gasteiger charge is 2.24. The van der Waals surface area contributed by atoms with Crippen molar-refractivity contribution in [1.29, 1.82) is 0 Å². The lowest BCUT2D eigenvalue weighted by Gasteiger charge is -2.07. The van der Waals surface area contributed by atoms with Crippen LogP contribution in [0.15, 0.2) is 83.1 Å². The van der Waals surface area contributed by atoms with Crippen LogP contribution in [0.4, 0.5) is 0 Å². The summed E-state index contributed by atoms with van der Waals surface area (Å²) >= 11 is 2.00. The molecule has 2 aromatic carbocycles. The zero-order valence-corrected chi connectivity index (χ0v) is 22.3. The van der Waals surface area contributed by atoms with Crippen LogP contribution < -0.4 is 0 Å². The normalized spacial score (nSPS) is 12.3. The summed E-state index contributed by atoms with van der Waals surface area (Å²) < 4.78 is 54.8. The average molecular weight is 619 g/mol. The number of rotatable bonds is 5. The SMILES string of the molecule is Cc1ccc(S(=O)(=O)n2cc(-c3cnc4c(n3)c(I)cn4S(=O)(=O)c3ccc(C)cc3)cn2)cc1. The van der Waals surface area contributed by atoms with E-state index >= 15 is 0 Å². The lowest BCUT2D eigenvalue weighted by Crippen LogP contribution is -2.13. The van der Waals surface area contributed by atoms with Gasteiger partial charge in [0.05, 0.1) is 37.6 Å². The fourth-order valence-electron chi connectivity index (χ4n) is 3.46. The van der Waals surface area contributed by atoms with Crippen LogP contribution in [-0.4, -0.2) is 40.0 Å². The van der Waals surface area contributed by atoms with E-state index in [-0.39, 0.29) is 15.4 Å². The number of aryl methyl sites for hydroxylation is 2. The molecule has 0 bridgehead atoms. The molecule has 0 saturated carbocycles. The van der Waals surface area contributed by atoms with Gasteiger partial charge in [-0.15, -0.1) is 0 Å². The highest BCUT2D eigenvalue weighted by molar-refractivity contribution is 14.1. The van der Waals surface area contributed by atoms with Crippen LogP contribution in [0.2, 0.25) is 0 Å². The summed E-state index contributed by atoms with van der Waals surface area (Å²) in [5.41, 5.74) is 3.25. The molecular weight excluding hydrogens is 601 g/mol. The topological polar surface area (TPSA) is 117 Å². The van der Waals surface area contributed by atoms with E-state index in [1.165, 1.54) is 36.9 Å². The lowest BCUT2D eigenvalue weighted by atomic mass is 10.2. The van der Waals surface area contributed by atoms with Crippen molar-refractivity contribution >= 4 is 53.8 Å². The Hall–Kier alpha value is -3.10. The minimum atomic E-state index is -3.87. The maximum Gasteiger partial charge on any atom is 0.282 e. The second-order valence-corrected chi connectivity index (χ2v) is 12.7. The molecule has 5 aromatic rings. The minimum Gasteiger partial charge on any atom is -0.242 e. The fraction of sp³-hybridized carbons (Fsp3) is 0.0870. The van der Waals surface area contributed by atoms with Gasteiger partial charge in [0.25, 0.3) is 20.0 Å². The molecule has 0 unspecified atom stereocenters. The van der Waals surface area contributed by atoms with E-state index in [1.54, 1.807) is 36.4 Å². The molecule has 0 amide bonds. The van der Waals surface area contributed by atoms with Crippen molar-refractivity contribution in [2.45, 2.75) is 23.6 Å². The van der Waals surface area contributed by atoms with Gasteiger partial charge in [0, 0.05) is 11.8 Å². The van der Waals surface area contributed by atoms with Crippen molar-refractivity contribution in [2.75, 3.05) is 0 Å². The van der Waals surface area contributed by atoms with Crippen LogP contribution in [0.25, 0.3) is 22.4 Å². The molecule has 5 rings (SSSR count). The van der Waals surface area contributed by atoms with E-state index in [0.29, 0.717) is 20.3 Å². The maximum atomic E-state index is 13.2. The number of hydrogen-bond donors (Lipinski definition) is 0. The van der Waals surface area contributed by atoms with Crippen molar-refractivity contribution in [2.24, 2.45) is 0 Å². The van der Waals surface area contributed by atoms with E-state index in [4.69, 9.17) is 0 Å². The summed E-state index contributed by atoms with van der Waals surface area (Å²) in [6.45, 7) is 3.75. The Morgan fingerprint density at radius 3 is 1.94 bits per heavy atom. The number of hydrogen-bond acceptors (Lipinski definition) is 7. The Morgan fingerprint density at radius 2 is 1.34 bits per heavy atom. The first-order valence-corrected chi connectivity index (χ1v) is 14.3. The van der Waals surface area contributed by atoms with E-state index in [9.17, 15) is 16.8 Å². The van der Waals surface area contributed by atoms with Crippen molar-refractivity contribution in [1.82, 2.24) is 23.1 Å². The predicted octanol–water partition coefficient (Wildman–Crippen LogP) is 3.99. The number of fused-ring (bicyclic) bond motifs is 1. The maximum absolute atomic E-state index is 13.2. The molecule has 0 aliphatic rings. The Labute approximate surface area is 215 Å². The Bertz CT molecular complexity index is 1790. The van der Waals surface area contributed by atoms with Crippen molar-refractivity contribution in [3.05, 3.63) is 88.0 Å². The van der Waals surface area contributed by atoms with Crippen LogP contribution in [-0.2, 0) is 20.0 Å². The second-order valence-electron chi connectivity index (χ2n) is 7.94. The molecule has 0 aliphatic carbocycles. The van der Waals surface area contributed by atoms with E-state index in [0.717, 1.165) is 19.2 Å². The zero-order chi connectivity index (χ0) is 25.0. The standard InChI is InChI=1S/C23H18IN5O4S2/c1-15-3-7-18(8-4-15)34(30,31)28-14-20(24)22-23(28)25-12-21(27-22)17-11-26-29(13-17)35(32,33)19-9-5-16(2)6-10-19/h3-14H,1-2H3. The van der Waals surface area contributed by atoms with Crippen molar-refractivity contribution in [3.8, 4) is 11.3 Å². The molecule has 0 N–H and O–H groups in total. The van der Waals surface area contributed by atoms with Crippen molar-refractivity contribution in [3.63, 3.8) is 0 Å². The van der Waals surface area contributed by atoms with E-state index < -0.39 is 20.0 Å². The average Bonchev–Trinajstić information content (AvgIpc) is 3.46. The van der Waals surface area contributed by atoms with E-state index in [2.05, 4.69) is 15.1 Å². The van der Waals surface area contributed by atoms with Crippen LogP contribution in [0.5, 0.6) is 0 Å². The minimum absolute atomic E-state index is 0.118. The van der Waals surface area contributed by atoms with Gasteiger partial charge in [-0.25, -0.2) is 22.4 Å². The number of halogens is 1. The molecule has 3 heterocycles. The van der Waals surface area contributed by atoms with Crippen LogP contribution in [0, 0.1) is 17.4 Å². The molecule has 0 radical (unpaired) electrons. The monoisotopic (exact) mass is 619 g/mol. The zero-order valence-electron chi connectivity index (χ0n) is 18.5. The third-order valence-electron chi connectivity index (χ3n) is 5.42. The molecule has 9 nitrogen and oxygen atoms in total. The summed E-state index contributed by atoms with van der Waals surface area (Å²) in [4.78, 5) is 9.18. The van der Waals surface area contributed by atoms with Crippen LogP contribution >= 0.6 is 22.6 Å². The molecule has 0 saturated heterocycles. The molecule has 0 spiro atoms. The van der Waals surface area contributed by atoms with Gasteiger partial charge in [-0.2, -0.15) is 17.6 Å². The Morgan fingerprint density at radius 1 is 0.771 bits per heavy atom. The van der Waals surface area contributed by atoms with Gasteiger partial charge >= 0.3 is 0 Å². The van der Waals surface area contributed by atoms with Gasteiger partial charge in [0.1, 0.15) is 5.52 Å². The Kier molecular flexibility index (Phi) is 5.76. The molecule has 0 fully saturated rings. The second kappa shape index (κ2) is 8.53. The molecular formula is C23H18IN5O4S2. The van der Waals surface area contributed by atoms with Gasteiger partial charge in [0.2, 0.25) is 0 Å². The van der Waals surface area contributed by atoms with Gasteiger partial charge in [0.15, 0.2) is 5.65 Å². The highest BCUT2D eigenvalue weighted by Crippen LogP contribution is 2.27. The number of aromatic nitrogens is 5. The fourth-order valence-corrected chi connectivity index (χ4v) is 6.72. The quantitative estimate of drug-likeness (QED) is 0.273. The molecule has 3 aromatic heterocycles. The summed E-state index contributed by atoms with van der Waals surface area (Å²) in [5.74, 6) is 0. The summed E-state index contributed by atoms with van der Waals surface area (Å²) in [5, 5.41) is 4.01. The van der Waals surface area contributed by atoms with Gasteiger partial charge < -0.3 is 0 Å². The van der Waals surface area contributed by atoms with Crippen LogP contribution in [0.3, 0.4) is 0 Å². The Balaban J connectivity index is 1.54. The third-order valence-corrected chi connectivity index (χ3v) is 9.43. The smallest absolute Gasteiger partial charge is 0.242 e. The summed E-state index contributed by atoms with van der Waals surface area (Å²) in [7, 11) is -7.74. The third kappa shape index (κ3) is 4.15. The first-order valence-electron chi connectivity index (χ1n) is 10.3. The van der Waals surface area contributed by atoms with Gasteiger partial charge in [-0.05, 0) is 60.7 Å². The lowest BCUT2D eigenvalue weighted by molar-refractivity contribution is 0.580. The largest absolute Gasteiger partial charge is 0.282 e. The first-order chi connectivity index (χ1) is 16.6.